The van der Waals surface area contributed by atoms with Crippen molar-refractivity contribution in [2.75, 3.05) is 7.11 Å². The van der Waals surface area contributed by atoms with E-state index < -0.39 is 0 Å². The monoisotopic (exact) mass is 228 g/mol. The minimum absolute atomic E-state index is 0.222. The molecular formula is C15H16O2. The Bertz CT molecular complexity index is 545. The first kappa shape index (κ1) is 11.5. The van der Waals surface area contributed by atoms with Crippen molar-refractivity contribution in [2.24, 2.45) is 0 Å². The summed E-state index contributed by atoms with van der Waals surface area (Å²) in [5.41, 5.74) is 4.56. The Morgan fingerprint density at radius 1 is 1.06 bits per heavy atom. The lowest BCUT2D eigenvalue weighted by Crippen LogP contribution is -1.89. The van der Waals surface area contributed by atoms with Gasteiger partial charge in [-0.25, -0.2) is 0 Å². The Hall–Kier alpha value is -1.96. The van der Waals surface area contributed by atoms with Gasteiger partial charge in [0.25, 0.3) is 0 Å². The van der Waals surface area contributed by atoms with E-state index in [-0.39, 0.29) is 5.75 Å². The second kappa shape index (κ2) is 4.50. The van der Waals surface area contributed by atoms with Crippen LogP contribution < -0.4 is 4.74 Å². The van der Waals surface area contributed by atoms with Gasteiger partial charge in [-0.3, -0.25) is 0 Å². The third kappa shape index (κ3) is 2.26. The molecule has 2 heteroatoms. The van der Waals surface area contributed by atoms with Crippen molar-refractivity contribution < 1.29 is 9.84 Å². The fourth-order valence-corrected chi connectivity index (χ4v) is 1.92. The number of hydrogen-bond donors (Lipinski definition) is 1. The van der Waals surface area contributed by atoms with Crippen LogP contribution in [0.4, 0.5) is 0 Å². The molecule has 0 heterocycles. The predicted octanol–water partition coefficient (Wildman–Crippen LogP) is 3.68. The molecule has 0 aliphatic rings. The van der Waals surface area contributed by atoms with E-state index in [1.54, 1.807) is 19.2 Å². The second-order valence-corrected chi connectivity index (χ2v) is 4.17. The minimum atomic E-state index is 0.222. The number of methoxy groups -OCH3 is 1. The van der Waals surface area contributed by atoms with Crippen molar-refractivity contribution in [3.05, 3.63) is 47.5 Å². The molecular weight excluding hydrogens is 212 g/mol. The normalized spacial score (nSPS) is 10.3. The molecule has 0 bridgehead atoms. The summed E-state index contributed by atoms with van der Waals surface area (Å²) in [6.45, 7) is 4.17. The molecule has 0 radical (unpaired) electrons. The first-order valence-corrected chi connectivity index (χ1v) is 5.56. The molecule has 2 aromatic carbocycles. The van der Waals surface area contributed by atoms with Crippen LogP contribution in [0.25, 0.3) is 11.1 Å². The SMILES string of the molecule is COc1cc(O)cc(-c2cccc(C)c2C)c1. The van der Waals surface area contributed by atoms with Gasteiger partial charge in [-0.05, 0) is 48.2 Å². The van der Waals surface area contributed by atoms with E-state index in [2.05, 4.69) is 26.0 Å². The molecule has 2 nitrogen and oxygen atoms in total. The number of aromatic hydroxyl groups is 1. The molecule has 0 aliphatic heterocycles. The van der Waals surface area contributed by atoms with Crippen molar-refractivity contribution in [3.63, 3.8) is 0 Å². The Morgan fingerprint density at radius 2 is 1.82 bits per heavy atom. The van der Waals surface area contributed by atoms with Gasteiger partial charge in [0, 0.05) is 6.07 Å². The summed E-state index contributed by atoms with van der Waals surface area (Å²) in [7, 11) is 1.60. The summed E-state index contributed by atoms with van der Waals surface area (Å²) in [5, 5.41) is 9.67. The van der Waals surface area contributed by atoms with Crippen molar-refractivity contribution in [1.82, 2.24) is 0 Å². The lowest BCUT2D eigenvalue weighted by atomic mass is 9.97. The highest BCUT2D eigenvalue weighted by Gasteiger charge is 2.06. The van der Waals surface area contributed by atoms with E-state index in [0.29, 0.717) is 5.75 Å². The van der Waals surface area contributed by atoms with Gasteiger partial charge in [-0.2, -0.15) is 0 Å². The molecule has 0 amide bonds. The van der Waals surface area contributed by atoms with Crippen LogP contribution in [0.3, 0.4) is 0 Å². The third-order valence-electron chi connectivity index (χ3n) is 3.04. The van der Waals surface area contributed by atoms with Gasteiger partial charge >= 0.3 is 0 Å². The largest absolute Gasteiger partial charge is 0.508 e. The number of phenolic OH excluding ortho intramolecular Hbond substituents is 1. The van der Waals surface area contributed by atoms with Crippen LogP contribution in [0.2, 0.25) is 0 Å². The topological polar surface area (TPSA) is 29.5 Å². The second-order valence-electron chi connectivity index (χ2n) is 4.17. The van der Waals surface area contributed by atoms with Crippen LogP contribution in [0, 0.1) is 13.8 Å². The maximum absolute atomic E-state index is 9.67. The fraction of sp³-hybridized carbons (Fsp3) is 0.200. The number of hydrogen-bond acceptors (Lipinski definition) is 2. The summed E-state index contributed by atoms with van der Waals surface area (Å²) < 4.78 is 5.17. The van der Waals surface area contributed by atoms with Crippen molar-refractivity contribution in [3.8, 4) is 22.6 Å². The predicted molar refractivity (Wildman–Crippen MR) is 69.6 cm³/mol. The molecule has 0 unspecified atom stereocenters. The smallest absolute Gasteiger partial charge is 0.123 e. The molecule has 0 aromatic heterocycles. The fourth-order valence-electron chi connectivity index (χ4n) is 1.92. The van der Waals surface area contributed by atoms with E-state index in [9.17, 15) is 5.11 Å². The van der Waals surface area contributed by atoms with E-state index in [4.69, 9.17) is 4.74 Å². The highest BCUT2D eigenvalue weighted by molar-refractivity contribution is 5.71. The Balaban J connectivity index is 2.60. The Morgan fingerprint density at radius 3 is 2.53 bits per heavy atom. The maximum Gasteiger partial charge on any atom is 0.123 e. The van der Waals surface area contributed by atoms with E-state index in [1.165, 1.54) is 11.1 Å². The van der Waals surface area contributed by atoms with Gasteiger partial charge in [0.1, 0.15) is 11.5 Å². The number of rotatable bonds is 2. The van der Waals surface area contributed by atoms with E-state index in [1.807, 2.05) is 12.1 Å². The first-order chi connectivity index (χ1) is 8.11. The van der Waals surface area contributed by atoms with Crippen LogP contribution in [-0.4, -0.2) is 12.2 Å². The van der Waals surface area contributed by atoms with E-state index >= 15 is 0 Å². The Kier molecular flexibility index (Phi) is 3.05. The van der Waals surface area contributed by atoms with Gasteiger partial charge in [0.05, 0.1) is 7.11 Å². The van der Waals surface area contributed by atoms with Crippen molar-refractivity contribution >= 4 is 0 Å². The van der Waals surface area contributed by atoms with E-state index in [0.717, 1.165) is 11.1 Å². The number of ether oxygens (including phenoxy) is 1. The van der Waals surface area contributed by atoms with Crippen LogP contribution >= 0.6 is 0 Å². The molecule has 17 heavy (non-hydrogen) atoms. The van der Waals surface area contributed by atoms with Crippen LogP contribution in [0.15, 0.2) is 36.4 Å². The molecule has 0 atom stereocenters. The molecule has 0 aliphatic carbocycles. The van der Waals surface area contributed by atoms with Crippen molar-refractivity contribution in [1.29, 1.82) is 0 Å². The van der Waals surface area contributed by atoms with Crippen LogP contribution in [0.1, 0.15) is 11.1 Å². The van der Waals surface area contributed by atoms with Gasteiger partial charge in [0.15, 0.2) is 0 Å². The molecule has 1 N–H and O–H groups in total. The zero-order valence-corrected chi connectivity index (χ0v) is 10.3. The van der Waals surface area contributed by atoms with Crippen LogP contribution in [0.5, 0.6) is 11.5 Å². The highest BCUT2D eigenvalue weighted by Crippen LogP contribution is 2.31. The lowest BCUT2D eigenvalue weighted by Gasteiger charge is -2.10. The third-order valence-corrected chi connectivity index (χ3v) is 3.04. The first-order valence-electron chi connectivity index (χ1n) is 5.56. The maximum atomic E-state index is 9.67. The highest BCUT2D eigenvalue weighted by atomic mass is 16.5. The number of phenols is 1. The summed E-state index contributed by atoms with van der Waals surface area (Å²) in [6, 6.07) is 11.4. The average Bonchev–Trinajstić information content (AvgIpc) is 2.31. The summed E-state index contributed by atoms with van der Waals surface area (Å²) in [6.07, 6.45) is 0. The van der Waals surface area contributed by atoms with Crippen LogP contribution in [-0.2, 0) is 0 Å². The zero-order valence-electron chi connectivity index (χ0n) is 10.3. The molecule has 2 aromatic rings. The standard InChI is InChI=1S/C15H16O2/c1-10-5-4-6-15(11(10)2)12-7-13(16)9-14(8-12)17-3/h4-9,16H,1-3H3. The molecule has 0 saturated heterocycles. The molecule has 2 rings (SSSR count). The summed E-state index contributed by atoms with van der Waals surface area (Å²) >= 11 is 0. The zero-order chi connectivity index (χ0) is 12.4. The van der Waals surface area contributed by atoms with Gasteiger partial charge in [-0.1, -0.05) is 18.2 Å². The molecule has 88 valence electrons. The Labute approximate surface area is 101 Å². The summed E-state index contributed by atoms with van der Waals surface area (Å²) in [5.74, 6) is 0.890. The van der Waals surface area contributed by atoms with Gasteiger partial charge < -0.3 is 9.84 Å². The van der Waals surface area contributed by atoms with Gasteiger partial charge in [-0.15, -0.1) is 0 Å². The molecule has 0 fully saturated rings. The van der Waals surface area contributed by atoms with Gasteiger partial charge in [0.2, 0.25) is 0 Å². The summed E-state index contributed by atoms with van der Waals surface area (Å²) in [4.78, 5) is 0. The number of aryl methyl sites for hydroxylation is 1. The molecule has 0 saturated carbocycles. The quantitative estimate of drug-likeness (QED) is 0.849. The number of benzene rings is 2. The van der Waals surface area contributed by atoms with Crippen molar-refractivity contribution in [2.45, 2.75) is 13.8 Å². The minimum Gasteiger partial charge on any atom is -0.508 e. The average molecular weight is 228 g/mol. The molecule has 0 spiro atoms. The lowest BCUT2D eigenvalue weighted by molar-refractivity contribution is 0.408.